The van der Waals surface area contributed by atoms with Crippen molar-refractivity contribution in [2.24, 2.45) is 5.92 Å². The third-order valence-electron chi connectivity index (χ3n) is 8.64. The van der Waals surface area contributed by atoms with Crippen molar-refractivity contribution in [3.8, 4) is 28.4 Å². The predicted molar refractivity (Wildman–Crippen MR) is 185 cm³/mol. The molecule has 0 saturated heterocycles. The summed E-state index contributed by atoms with van der Waals surface area (Å²) in [5, 5.41) is 10.5. The topological polar surface area (TPSA) is 131 Å². The molecule has 2 unspecified atom stereocenters. The number of aromatic amines is 1. The number of fused-ring (bicyclic) bond motifs is 4. The number of benzene rings is 2. The number of para-hydroxylation sites is 1. The van der Waals surface area contributed by atoms with Crippen molar-refractivity contribution in [2.75, 3.05) is 33.2 Å². The predicted octanol–water partition coefficient (Wildman–Crippen LogP) is 5.53. The van der Waals surface area contributed by atoms with Crippen LogP contribution < -0.4 is 35.6 Å². The highest BCUT2D eigenvalue weighted by Crippen LogP contribution is 2.50. The van der Waals surface area contributed by atoms with E-state index >= 15 is 0 Å². The van der Waals surface area contributed by atoms with Gasteiger partial charge >= 0.3 is 0 Å². The molecule has 1 heterocycles. The van der Waals surface area contributed by atoms with Crippen molar-refractivity contribution in [3.05, 3.63) is 81.6 Å². The normalized spacial score (nSPS) is 14.4. The van der Waals surface area contributed by atoms with Crippen molar-refractivity contribution >= 4 is 28.4 Å². The molecule has 4 N–H and O–H groups in total. The number of aryl methyl sites for hydroxylation is 1. The molecule has 1 aliphatic carbocycles. The van der Waals surface area contributed by atoms with Gasteiger partial charge in [-0.3, -0.25) is 14.4 Å². The Morgan fingerprint density at radius 2 is 1.77 bits per heavy atom. The van der Waals surface area contributed by atoms with Crippen LogP contribution in [0.5, 0.6) is 17.2 Å². The number of amides is 2. The van der Waals surface area contributed by atoms with Crippen LogP contribution in [-0.4, -0.2) is 50.7 Å². The lowest BCUT2D eigenvalue weighted by Gasteiger charge is -2.20. The molecule has 3 aromatic carbocycles. The van der Waals surface area contributed by atoms with E-state index in [0.29, 0.717) is 55.0 Å². The van der Waals surface area contributed by atoms with Crippen molar-refractivity contribution in [3.63, 3.8) is 0 Å². The average molecular weight is 641 g/mol. The minimum Gasteiger partial charge on any atom is -0.493 e. The van der Waals surface area contributed by atoms with E-state index in [1.165, 1.54) is 6.92 Å². The molecule has 248 valence electrons. The van der Waals surface area contributed by atoms with Gasteiger partial charge in [0.05, 0.1) is 33.1 Å². The lowest BCUT2D eigenvalue weighted by Crippen LogP contribution is -2.42. The van der Waals surface area contributed by atoms with Gasteiger partial charge in [0.15, 0.2) is 11.5 Å². The molecule has 10 heteroatoms. The molecule has 10 nitrogen and oxygen atoms in total. The average Bonchev–Trinajstić information content (AvgIpc) is 3.32. The van der Waals surface area contributed by atoms with E-state index in [2.05, 4.69) is 27.0 Å². The second-order valence-corrected chi connectivity index (χ2v) is 12.3. The van der Waals surface area contributed by atoms with Gasteiger partial charge in [-0.25, -0.2) is 0 Å². The first-order valence-electron chi connectivity index (χ1n) is 16.0. The van der Waals surface area contributed by atoms with Gasteiger partial charge in [-0.1, -0.05) is 38.1 Å². The van der Waals surface area contributed by atoms with Crippen molar-refractivity contribution < 1.29 is 23.8 Å². The third-order valence-corrected chi connectivity index (χ3v) is 8.64. The molecule has 0 aliphatic heterocycles. The third kappa shape index (κ3) is 7.21. The molecule has 0 fully saturated rings. The van der Waals surface area contributed by atoms with Crippen molar-refractivity contribution in [2.45, 2.75) is 58.5 Å². The van der Waals surface area contributed by atoms with Gasteiger partial charge in [0, 0.05) is 36.1 Å². The van der Waals surface area contributed by atoms with E-state index in [-0.39, 0.29) is 28.8 Å². The molecule has 1 aromatic heterocycles. The molecule has 0 radical (unpaired) electrons. The fraction of sp³-hybridized carbons (Fsp3) is 0.378. The minimum absolute atomic E-state index is 0.175. The van der Waals surface area contributed by atoms with Crippen LogP contribution in [0.15, 0.2) is 59.5 Å². The van der Waals surface area contributed by atoms with Crippen LogP contribution in [-0.2, 0) is 22.4 Å². The monoisotopic (exact) mass is 640 g/mol. The molecule has 1 aliphatic rings. The van der Waals surface area contributed by atoms with E-state index in [0.717, 1.165) is 33.2 Å². The first-order valence-corrected chi connectivity index (χ1v) is 16.0. The summed E-state index contributed by atoms with van der Waals surface area (Å²) in [5.74, 6) is 1.26. The van der Waals surface area contributed by atoms with Gasteiger partial charge in [0.2, 0.25) is 23.0 Å². The number of ether oxygens (including phenoxy) is 3. The molecule has 5 rings (SSSR count). The van der Waals surface area contributed by atoms with Gasteiger partial charge < -0.3 is 35.1 Å². The van der Waals surface area contributed by atoms with Crippen LogP contribution in [0.3, 0.4) is 0 Å². The molecule has 2 amide bonds. The van der Waals surface area contributed by atoms with E-state index < -0.39 is 12.1 Å². The Hall–Kier alpha value is -4.99. The summed E-state index contributed by atoms with van der Waals surface area (Å²) in [5.41, 5.74) is 5.28. The second-order valence-electron chi connectivity index (χ2n) is 12.3. The smallest absolute Gasteiger partial charge is 0.242 e. The fourth-order valence-corrected chi connectivity index (χ4v) is 6.50. The number of nitrogens with one attached hydrogen (secondary N) is 4. The van der Waals surface area contributed by atoms with E-state index in [4.69, 9.17) is 14.2 Å². The van der Waals surface area contributed by atoms with Crippen LogP contribution in [0, 0.1) is 5.92 Å². The number of hydrogen-bond donors (Lipinski definition) is 4. The summed E-state index contributed by atoms with van der Waals surface area (Å²) in [6, 6.07) is 14.1. The van der Waals surface area contributed by atoms with Crippen LogP contribution in [0.1, 0.15) is 56.3 Å². The lowest BCUT2D eigenvalue weighted by molar-refractivity contribution is -0.122. The minimum atomic E-state index is -0.634. The number of anilines is 1. The molecule has 0 saturated carbocycles. The Labute approximate surface area is 275 Å². The summed E-state index contributed by atoms with van der Waals surface area (Å²) in [7, 11) is 4.69. The van der Waals surface area contributed by atoms with Gasteiger partial charge in [0.1, 0.15) is 6.04 Å². The Balaban J connectivity index is 1.49. The lowest BCUT2D eigenvalue weighted by atomic mass is 9.95. The molecule has 47 heavy (non-hydrogen) atoms. The highest BCUT2D eigenvalue weighted by Gasteiger charge is 2.30. The number of methoxy groups -OCH3 is 3. The van der Waals surface area contributed by atoms with E-state index in [1.54, 1.807) is 33.5 Å². The summed E-state index contributed by atoms with van der Waals surface area (Å²) in [6.07, 6.45) is 4.33. The Kier molecular flexibility index (Phi) is 10.4. The van der Waals surface area contributed by atoms with Crippen molar-refractivity contribution in [1.29, 1.82) is 0 Å². The molecule has 4 aromatic rings. The van der Waals surface area contributed by atoms with E-state index in [1.807, 2.05) is 50.4 Å². The first kappa shape index (κ1) is 33.4. The van der Waals surface area contributed by atoms with Crippen LogP contribution in [0.4, 0.5) is 5.69 Å². The first-order chi connectivity index (χ1) is 22.6. The zero-order chi connectivity index (χ0) is 33.7. The summed E-state index contributed by atoms with van der Waals surface area (Å²) < 4.78 is 17.2. The maximum absolute atomic E-state index is 13.9. The number of rotatable bonds is 12. The van der Waals surface area contributed by atoms with Gasteiger partial charge in [-0.2, -0.15) is 0 Å². The van der Waals surface area contributed by atoms with Gasteiger partial charge in [-0.15, -0.1) is 0 Å². The Morgan fingerprint density at radius 3 is 2.47 bits per heavy atom. The summed E-state index contributed by atoms with van der Waals surface area (Å²) in [6.45, 7) is 6.01. The maximum atomic E-state index is 13.9. The summed E-state index contributed by atoms with van der Waals surface area (Å²) in [4.78, 5) is 43.0. The quantitative estimate of drug-likeness (QED) is 0.160. The molecule has 2 atom stereocenters. The standard InChI is InChI=1S/C37H44N4O6/c1-21(2)17-31(37(44)38-16-15-24-20-39-28-10-8-7-9-25(24)28)41-30-14-12-26-27(19-32(30)43)29(40-22(3)42)13-11-23-18-33(45-4)35(46-5)36(47-6)34(23)26/h7-10,12,14,18-21,29,31,39H,11,13,15-17H2,1-6H3,(H,38,44)(H,40,42)(H,41,43). The van der Waals surface area contributed by atoms with Crippen LogP contribution in [0.25, 0.3) is 22.0 Å². The molecule has 0 bridgehead atoms. The second kappa shape index (κ2) is 14.6. The largest absolute Gasteiger partial charge is 0.493 e. The number of H-pyrrole nitrogens is 1. The molecular weight excluding hydrogens is 596 g/mol. The molecule has 0 spiro atoms. The van der Waals surface area contributed by atoms with E-state index in [9.17, 15) is 14.4 Å². The number of carbonyl (C=O) groups excluding carboxylic acids is 2. The SMILES string of the molecule is COc1cc2c(c(OC)c1OC)-c1ccc(NC(CC(C)C)C(=O)NCCc3c[nH]c4ccccc34)c(=O)cc1C(NC(C)=O)CC2. The summed E-state index contributed by atoms with van der Waals surface area (Å²) >= 11 is 0. The number of hydrogen-bond acceptors (Lipinski definition) is 7. The Morgan fingerprint density at radius 1 is 1.00 bits per heavy atom. The highest BCUT2D eigenvalue weighted by molar-refractivity contribution is 5.86. The number of carbonyl (C=O) groups is 2. The maximum Gasteiger partial charge on any atom is 0.242 e. The highest BCUT2D eigenvalue weighted by atomic mass is 16.5. The zero-order valence-corrected chi connectivity index (χ0v) is 27.9. The van der Waals surface area contributed by atoms with Crippen LogP contribution >= 0.6 is 0 Å². The number of aromatic nitrogens is 1. The molecular formula is C37H44N4O6. The van der Waals surface area contributed by atoms with Crippen molar-refractivity contribution in [1.82, 2.24) is 15.6 Å². The van der Waals surface area contributed by atoms with Gasteiger partial charge in [0.25, 0.3) is 0 Å². The fourth-order valence-electron chi connectivity index (χ4n) is 6.50. The van der Waals surface area contributed by atoms with Crippen LogP contribution in [0.2, 0.25) is 0 Å². The zero-order valence-electron chi connectivity index (χ0n) is 27.9. The Bertz CT molecular complexity index is 1830. The van der Waals surface area contributed by atoms with Gasteiger partial charge in [-0.05, 0) is 78.1 Å².